The lowest BCUT2D eigenvalue weighted by molar-refractivity contribution is -0.134. The highest BCUT2D eigenvalue weighted by molar-refractivity contribution is 6.39. The minimum Gasteiger partial charge on any atom is -0.496 e. The maximum Gasteiger partial charge on any atom is 0.313 e. The van der Waals surface area contributed by atoms with E-state index in [2.05, 4.69) is 15.6 Å². The molecule has 0 aliphatic carbocycles. The SMILES string of the molecule is COc1c(-c2cnco2)ccc(NC(=O)C(N)=O)c1C(C)(C)CCOc1cccc(NC(C)=O)c1. The summed E-state index contributed by atoms with van der Waals surface area (Å²) < 4.78 is 17.1. The van der Waals surface area contributed by atoms with Crippen molar-refractivity contribution in [1.29, 1.82) is 0 Å². The Morgan fingerprint density at radius 3 is 2.54 bits per heavy atom. The topological polar surface area (TPSA) is 146 Å². The molecule has 3 rings (SSSR count). The molecule has 10 nitrogen and oxygen atoms in total. The Bertz CT molecular complexity index is 1220. The van der Waals surface area contributed by atoms with Crippen LogP contribution in [0.4, 0.5) is 11.4 Å². The van der Waals surface area contributed by atoms with Gasteiger partial charge in [-0.05, 0) is 36.1 Å². The van der Waals surface area contributed by atoms with Gasteiger partial charge in [-0.25, -0.2) is 4.98 Å². The fraction of sp³-hybridized carbons (Fsp3) is 0.280. The zero-order chi connectivity index (χ0) is 25.6. The Morgan fingerprint density at radius 2 is 1.91 bits per heavy atom. The Balaban J connectivity index is 1.92. The second kappa shape index (κ2) is 10.7. The Labute approximate surface area is 202 Å². The highest BCUT2D eigenvalue weighted by atomic mass is 16.5. The molecule has 184 valence electrons. The van der Waals surface area contributed by atoms with Gasteiger partial charge in [0.1, 0.15) is 11.5 Å². The molecule has 0 unspecified atom stereocenters. The summed E-state index contributed by atoms with van der Waals surface area (Å²) in [6.45, 7) is 5.68. The molecule has 0 saturated heterocycles. The number of primary amides is 1. The first-order valence-electron chi connectivity index (χ1n) is 10.8. The van der Waals surface area contributed by atoms with Gasteiger partial charge < -0.3 is 30.3 Å². The summed E-state index contributed by atoms with van der Waals surface area (Å²) in [5, 5.41) is 5.30. The second-order valence-corrected chi connectivity index (χ2v) is 8.44. The quantitative estimate of drug-likeness (QED) is 0.397. The van der Waals surface area contributed by atoms with E-state index in [9.17, 15) is 14.4 Å². The van der Waals surface area contributed by atoms with Crippen molar-refractivity contribution in [1.82, 2.24) is 4.98 Å². The van der Waals surface area contributed by atoms with E-state index < -0.39 is 17.2 Å². The lowest BCUT2D eigenvalue weighted by Crippen LogP contribution is -2.31. The molecule has 0 spiro atoms. The molecule has 0 bridgehead atoms. The smallest absolute Gasteiger partial charge is 0.313 e. The fourth-order valence-corrected chi connectivity index (χ4v) is 3.71. The largest absolute Gasteiger partial charge is 0.496 e. The lowest BCUT2D eigenvalue weighted by atomic mass is 9.79. The molecule has 0 radical (unpaired) electrons. The molecular weight excluding hydrogens is 452 g/mol. The van der Waals surface area contributed by atoms with Crippen LogP contribution in [0.5, 0.6) is 11.5 Å². The molecule has 35 heavy (non-hydrogen) atoms. The van der Waals surface area contributed by atoms with Crippen LogP contribution in [0.2, 0.25) is 0 Å². The number of nitrogens with one attached hydrogen (secondary N) is 2. The third-order valence-electron chi connectivity index (χ3n) is 5.36. The summed E-state index contributed by atoms with van der Waals surface area (Å²) in [5.74, 6) is -0.680. The summed E-state index contributed by atoms with van der Waals surface area (Å²) in [5.41, 5.74) is 6.84. The monoisotopic (exact) mass is 480 g/mol. The number of hydrogen-bond donors (Lipinski definition) is 3. The average Bonchev–Trinajstić information content (AvgIpc) is 3.33. The van der Waals surface area contributed by atoms with Crippen LogP contribution < -0.4 is 25.8 Å². The zero-order valence-electron chi connectivity index (χ0n) is 20.0. The van der Waals surface area contributed by atoms with E-state index in [4.69, 9.17) is 19.6 Å². The highest BCUT2D eigenvalue weighted by Gasteiger charge is 2.31. The van der Waals surface area contributed by atoms with Gasteiger partial charge >= 0.3 is 11.8 Å². The number of nitrogens with two attached hydrogens (primary N) is 1. The molecule has 0 atom stereocenters. The van der Waals surface area contributed by atoms with Crippen LogP contribution in [0.3, 0.4) is 0 Å². The van der Waals surface area contributed by atoms with Gasteiger partial charge in [0.15, 0.2) is 12.2 Å². The average molecular weight is 481 g/mol. The van der Waals surface area contributed by atoms with Gasteiger partial charge in [-0.3, -0.25) is 14.4 Å². The predicted octanol–water partition coefficient (Wildman–Crippen LogP) is 3.48. The number of anilines is 2. The molecule has 10 heteroatoms. The number of carbonyl (C=O) groups is 3. The van der Waals surface area contributed by atoms with Gasteiger partial charge in [-0.2, -0.15) is 0 Å². The third kappa shape index (κ3) is 6.17. The van der Waals surface area contributed by atoms with Crippen molar-refractivity contribution in [3.63, 3.8) is 0 Å². The number of rotatable bonds is 9. The van der Waals surface area contributed by atoms with E-state index >= 15 is 0 Å². The predicted molar refractivity (Wildman–Crippen MR) is 130 cm³/mol. The zero-order valence-corrected chi connectivity index (χ0v) is 20.0. The number of ether oxygens (including phenoxy) is 2. The number of benzene rings is 2. The summed E-state index contributed by atoms with van der Waals surface area (Å²) in [4.78, 5) is 38.8. The van der Waals surface area contributed by atoms with Gasteiger partial charge in [0, 0.05) is 29.9 Å². The fourth-order valence-electron chi connectivity index (χ4n) is 3.71. The van der Waals surface area contributed by atoms with Crippen LogP contribution >= 0.6 is 0 Å². The first-order valence-corrected chi connectivity index (χ1v) is 10.8. The van der Waals surface area contributed by atoms with Gasteiger partial charge in [0.25, 0.3) is 0 Å². The van der Waals surface area contributed by atoms with Crippen molar-refractivity contribution in [2.45, 2.75) is 32.6 Å². The summed E-state index contributed by atoms with van der Waals surface area (Å²) in [7, 11) is 1.51. The van der Waals surface area contributed by atoms with E-state index in [0.29, 0.717) is 52.8 Å². The molecule has 3 amide bonds. The first kappa shape index (κ1) is 25.3. The van der Waals surface area contributed by atoms with Crippen molar-refractivity contribution in [2.24, 2.45) is 5.73 Å². The van der Waals surface area contributed by atoms with Crippen LogP contribution in [0.15, 0.2) is 53.4 Å². The van der Waals surface area contributed by atoms with E-state index in [-0.39, 0.29) is 5.91 Å². The summed E-state index contributed by atoms with van der Waals surface area (Å²) in [6, 6.07) is 10.5. The van der Waals surface area contributed by atoms with E-state index in [0.717, 1.165) is 0 Å². The number of methoxy groups -OCH3 is 1. The summed E-state index contributed by atoms with van der Waals surface area (Å²) in [6.07, 6.45) is 3.37. The van der Waals surface area contributed by atoms with Crippen LogP contribution in [-0.4, -0.2) is 36.4 Å². The van der Waals surface area contributed by atoms with E-state index in [1.807, 2.05) is 13.8 Å². The Morgan fingerprint density at radius 1 is 1.14 bits per heavy atom. The van der Waals surface area contributed by atoms with Crippen molar-refractivity contribution in [3.05, 3.63) is 54.6 Å². The van der Waals surface area contributed by atoms with E-state index in [1.54, 1.807) is 42.6 Å². The summed E-state index contributed by atoms with van der Waals surface area (Å²) >= 11 is 0. The minimum absolute atomic E-state index is 0.174. The molecule has 4 N–H and O–H groups in total. The number of oxazole rings is 1. The number of hydrogen-bond acceptors (Lipinski definition) is 7. The van der Waals surface area contributed by atoms with Crippen molar-refractivity contribution < 1.29 is 28.3 Å². The van der Waals surface area contributed by atoms with E-state index in [1.165, 1.54) is 20.4 Å². The highest BCUT2D eigenvalue weighted by Crippen LogP contribution is 2.45. The number of aromatic nitrogens is 1. The number of nitrogens with zero attached hydrogens (tertiary/aromatic N) is 1. The molecule has 2 aromatic carbocycles. The van der Waals surface area contributed by atoms with Crippen LogP contribution in [0, 0.1) is 0 Å². The molecule has 3 aromatic rings. The number of carbonyl (C=O) groups excluding carboxylic acids is 3. The number of amides is 3. The van der Waals surface area contributed by atoms with Gasteiger partial charge in [-0.15, -0.1) is 0 Å². The molecule has 0 fully saturated rings. The maximum atomic E-state index is 12.1. The van der Waals surface area contributed by atoms with Crippen molar-refractivity contribution in [2.75, 3.05) is 24.4 Å². The Hall–Kier alpha value is -4.34. The molecule has 1 heterocycles. The first-order chi connectivity index (χ1) is 16.6. The molecule has 1 aromatic heterocycles. The molecule has 0 saturated carbocycles. The standard InChI is InChI=1S/C25H28N4O6/c1-15(30)28-16-6-5-7-17(12-16)34-11-10-25(2,3)21-19(29-24(32)23(26)31)9-8-18(22(21)33-4)20-13-27-14-35-20/h5-9,12-14H,10-11H2,1-4H3,(H2,26,31)(H,28,30)(H,29,32). The van der Waals surface area contributed by atoms with Crippen molar-refractivity contribution >= 4 is 29.1 Å². The third-order valence-corrected chi connectivity index (χ3v) is 5.36. The maximum absolute atomic E-state index is 12.1. The minimum atomic E-state index is -1.10. The lowest BCUT2D eigenvalue weighted by Gasteiger charge is -2.30. The van der Waals surface area contributed by atoms with Gasteiger partial charge in [0.05, 0.1) is 25.5 Å². The molecular formula is C25H28N4O6. The Kier molecular flexibility index (Phi) is 7.75. The van der Waals surface area contributed by atoms with Crippen LogP contribution in [0.25, 0.3) is 11.3 Å². The van der Waals surface area contributed by atoms with Gasteiger partial charge in [-0.1, -0.05) is 19.9 Å². The van der Waals surface area contributed by atoms with Crippen molar-refractivity contribution in [3.8, 4) is 22.8 Å². The van der Waals surface area contributed by atoms with Gasteiger partial charge in [0.2, 0.25) is 5.91 Å². The molecule has 0 aliphatic heterocycles. The van der Waals surface area contributed by atoms with Crippen LogP contribution in [0.1, 0.15) is 32.8 Å². The van der Waals surface area contributed by atoms with Crippen LogP contribution in [-0.2, 0) is 19.8 Å². The normalized spacial score (nSPS) is 11.0. The second-order valence-electron chi connectivity index (χ2n) is 8.44. The molecule has 0 aliphatic rings.